The van der Waals surface area contributed by atoms with Crippen molar-refractivity contribution < 1.29 is 14.3 Å². The van der Waals surface area contributed by atoms with Crippen LogP contribution in [0.15, 0.2) is 36.1 Å². The Labute approximate surface area is 172 Å². The normalized spacial score (nSPS) is 28.7. The molecular weight excluding hydrogens is 364 g/mol. The Morgan fingerprint density at radius 2 is 2.21 bits per heavy atom. The first kappa shape index (κ1) is 18.7. The number of aromatic amines is 1. The third-order valence-electron chi connectivity index (χ3n) is 7.09. The molecule has 5 nitrogen and oxygen atoms in total. The predicted molar refractivity (Wildman–Crippen MR) is 112 cm³/mol. The molecule has 2 aromatic rings. The van der Waals surface area contributed by atoms with Gasteiger partial charge >= 0.3 is 5.97 Å². The zero-order chi connectivity index (χ0) is 20.0. The minimum Gasteiger partial charge on any atom is -0.497 e. The van der Waals surface area contributed by atoms with Crippen LogP contribution in [0.2, 0.25) is 0 Å². The van der Waals surface area contributed by atoms with Crippen molar-refractivity contribution in [3.8, 4) is 0 Å². The minimum absolute atomic E-state index is 0.122. The number of carbonyl (C=O) groups excluding carboxylic acids is 1. The fourth-order valence-corrected chi connectivity index (χ4v) is 5.46. The molecule has 0 saturated carbocycles. The van der Waals surface area contributed by atoms with Gasteiger partial charge in [-0.15, -0.1) is 0 Å². The van der Waals surface area contributed by atoms with Crippen LogP contribution < -0.4 is 0 Å². The van der Waals surface area contributed by atoms with Gasteiger partial charge in [0.15, 0.2) is 0 Å². The van der Waals surface area contributed by atoms with Gasteiger partial charge in [-0.2, -0.15) is 0 Å². The maximum atomic E-state index is 12.8. The van der Waals surface area contributed by atoms with E-state index in [2.05, 4.69) is 48.0 Å². The number of nitrogens with zero attached hydrogens (tertiary/aromatic N) is 1. The molecule has 0 bridgehead atoms. The summed E-state index contributed by atoms with van der Waals surface area (Å²) in [7, 11) is 0. The van der Waals surface area contributed by atoms with Crippen molar-refractivity contribution >= 4 is 16.9 Å². The standard InChI is InChI=1S/C24H30N2O3/c1-3-4-11-28-24(27)20-14-29-15(2)19-13-26-10-9-17-16-7-5-6-8-21(16)25-23(17)22(26)12-18(19)20/h5-8,14-15,18-19,22,25H,3-4,9-13H2,1-2H3. The fourth-order valence-electron chi connectivity index (χ4n) is 5.46. The zero-order valence-corrected chi connectivity index (χ0v) is 17.3. The predicted octanol–water partition coefficient (Wildman–Crippen LogP) is 4.35. The molecule has 1 fully saturated rings. The van der Waals surface area contributed by atoms with Gasteiger partial charge in [0, 0.05) is 41.5 Å². The summed E-state index contributed by atoms with van der Waals surface area (Å²) < 4.78 is 11.4. The van der Waals surface area contributed by atoms with E-state index in [4.69, 9.17) is 9.47 Å². The molecule has 0 spiro atoms. The highest BCUT2D eigenvalue weighted by molar-refractivity contribution is 5.89. The summed E-state index contributed by atoms with van der Waals surface area (Å²) >= 11 is 0. The van der Waals surface area contributed by atoms with E-state index >= 15 is 0 Å². The van der Waals surface area contributed by atoms with E-state index in [1.54, 1.807) is 6.26 Å². The Morgan fingerprint density at radius 3 is 3.07 bits per heavy atom. The molecule has 0 aliphatic carbocycles. The molecular formula is C24H30N2O3. The Morgan fingerprint density at radius 1 is 1.34 bits per heavy atom. The highest BCUT2D eigenvalue weighted by Crippen LogP contribution is 2.47. The maximum absolute atomic E-state index is 12.8. The lowest BCUT2D eigenvalue weighted by atomic mass is 9.72. The molecule has 1 N–H and O–H groups in total. The number of nitrogens with one attached hydrogen (secondary N) is 1. The molecule has 4 atom stereocenters. The molecule has 3 aliphatic rings. The number of hydrogen-bond donors (Lipinski definition) is 1. The number of piperidine rings is 1. The molecule has 5 rings (SSSR count). The van der Waals surface area contributed by atoms with Crippen molar-refractivity contribution in [3.05, 3.63) is 47.4 Å². The summed E-state index contributed by atoms with van der Waals surface area (Å²) in [4.78, 5) is 19.1. The first-order chi connectivity index (χ1) is 14.2. The average molecular weight is 395 g/mol. The van der Waals surface area contributed by atoms with Crippen LogP contribution in [0.25, 0.3) is 10.9 Å². The number of ether oxygens (including phenoxy) is 2. The zero-order valence-electron chi connectivity index (χ0n) is 17.3. The van der Waals surface area contributed by atoms with Gasteiger partial charge in [-0.3, -0.25) is 4.90 Å². The van der Waals surface area contributed by atoms with Gasteiger partial charge < -0.3 is 14.5 Å². The number of aromatic nitrogens is 1. The molecule has 5 heteroatoms. The quantitative estimate of drug-likeness (QED) is 0.619. The van der Waals surface area contributed by atoms with Crippen molar-refractivity contribution in [2.45, 2.75) is 51.7 Å². The summed E-state index contributed by atoms with van der Waals surface area (Å²) in [6.07, 6.45) is 5.74. The van der Waals surface area contributed by atoms with Gasteiger partial charge in [0.1, 0.15) is 0 Å². The topological polar surface area (TPSA) is 54.6 Å². The first-order valence-corrected chi connectivity index (χ1v) is 11.0. The van der Waals surface area contributed by atoms with Gasteiger partial charge in [0.25, 0.3) is 0 Å². The number of hydrogen-bond acceptors (Lipinski definition) is 4. The van der Waals surface area contributed by atoms with Gasteiger partial charge in [0.2, 0.25) is 0 Å². The summed E-state index contributed by atoms with van der Waals surface area (Å²) in [6.45, 7) is 6.75. The molecule has 0 radical (unpaired) electrons. The van der Waals surface area contributed by atoms with Crippen LogP contribution in [0.5, 0.6) is 0 Å². The lowest BCUT2D eigenvalue weighted by Crippen LogP contribution is -2.51. The summed E-state index contributed by atoms with van der Waals surface area (Å²) in [6, 6.07) is 8.92. The van der Waals surface area contributed by atoms with E-state index in [-0.39, 0.29) is 18.0 Å². The van der Waals surface area contributed by atoms with Crippen LogP contribution in [-0.2, 0) is 20.7 Å². The number of benzene rings is 1. The monoisotopic (exact) mass is 394 g/mol. The van der Waals surface area contributed by atoms with Gasteiger partial charge in [0.05, 0.1) is 30.6 Å². The first-order valence-electron chi connectivity index (χ1n) is 11.0. The van der Waals surface area contributed by atoms with Crippen LogP contribution in [0.4, 0.5) is 0 Å². The van der Waals surface area contributed by atoms with E-state index in [1.165, 1.54) is 22.2 Å². The Balaban J connectivity index is 1.45. The Kier molecular flexibility index (Phi) is 4.86. The molecule has 1 aromatic carbocycles. The second-order valence-corrected chi connectivity index (χ2v) is 8.73. The number of rotatable bonds is 4. The summed E-state index contributed by atoms with van der Waals surface area (Å²) in [5, 5.41) is 1.35. The number of esters is 1. The molecule has 3 aliphatic heterocycles. The van der Waals surface area contributed by atoms with E-state index in [0.29, 0.717) is 18.6 Å². The van der Waals surface area contributed by atoms with Crippen LogP contribution in [0, 0.1) is 11.8 Å². The number of carbonyl (C=O) groups is 1. The molecule has 1 aromatic heterocycles. The van der Waals surface area contributed by atoms with Crippen LogP contribution in [0.3, 0.4) is 0 Å². The van der Waals surface area contributed by atoms with Crippen molar-refractivity contribution in [2.24, 2.45) is 11.8 Å². The van der Waals surface area contributed by atoms with Crippen molar-refractivity contribution in [1.29, 1.82) is 0 Å². The Hall–Kier alpha value is -2.27. The number of fused-ring (bicyclic) bond motifs is 6. The van der Waals surface area contributed by atoms with Crippen molar-refractivity contribution in [1.82, 2.24) is 9.88 Å². The second-order valence-electron chi connectivity index (χ2n) is 8.73. The average Bonchev–Trinajstić information content (AvgIpc) is 3.12. The maximum Gasteiger partial charge on any atom is 0.337 e. The summed E-state index contributed by atoms with van der Waals surface area (Å²) in [5.74, 6) is 0.323. The molecule has 4 unspecified atom stereocenters. The minimum atomic E-state index is -0.193. The molecule has 4 heterocycles. The van der Waals surface area contributed by atoms with Crippen LogP contribution in [-0.4, -0.2) is 41.7 Å². The third-order valence-corrected chi connectivity index (χ3v) is 7.09. The SMILES string of the molecule is CCCCOC(=O)C1=COC(C)C2CN3CCc4c([nH]c5ccccc45)C3CC12. The van der Waals surface area contributed by atoms with E-state index in [1.807, 2.05) is 0 Å². The molecule has 1 saturated heterocycles. The number of unbranched alkanes of at least 4 members (excludes halogenated alkanes) is 1. The lowest BCUT2D eigenvalue weighted by molar-refractivity contribution is -0.142. The highest BCUT2D eigenvalue weighted by Gasteiger charge is 2.47. The van der Waals surface area contributed by atoms with Crippen molar-refractivity contribution in [3.63, 3.8) is 0 Å². The molecule has 154 valence electrons. The van der Waals surface area contributed by atoms with E-state index in [9.17, 15) is 4.79 Å². The smallest absolute Gasteiger partial charge is 0.337 e. The second kappa shape index (κ2) is 7.52. The van der Waals surface area contributed by atoms with Gasteiger partial charge in [-0.25, -0.2) is 4.79 Å². The third kappa shape index (κ3) is 3.16. The molecule has 0 amide bonds. The number of para-hydroxylation sites is 1. The summed E-state index contributed by atoms with van der Waals surface area (Å²) in [5.41, 5.74) is 4.74. The molecule has 29 heavy (non-hydrogen) atoms. The van der Waals surface area contributed by atoms with Crippen LogP contribution in [0.1, 0.15) is 50.4 Å². The van der Waals surface area contributed by atoms with Crippen molar-refractivity contribution in [2.75, 3.05) is 19.7 Å². The lowest BCUT2D eigenvalue weighted by Gasteiger charge is -2.49. The van der Waals surface area contributed by atoms with Crippen LogP contribution >= 0.6 is 0 Å². The number of H-pyrrole nitrogens is 1. The van der Waals surface area contributed by atoms with Gasteiger partial charge in [-0.05, 0) is 37.8 Å². The largest absolute Gasteiger partial charge is 0.497 e. The van der Waals surface area contributed by atoms with E-state index in [0.717, 1.165) is 44.3 Å². The van der Waals surface area contributed by atoms with E-state index < -0.39 is 0 Å². The fraction of sp³-hybridized carbons (Fsp3) is 0.542. The highest BCUT2D eigenvalue weighted by atomic mass is 16.5. The van der Waals surface area contributed by atoms with Gasteiger partial charge in [-0.1, -0.05) is 31.5 Å². The Bertz CT molecular complexity index is 947.